The van der Waals surface area contributed by atoms with Gasteiger partial charge in [0.2, 0.25) is 5.91 Å². The minimum Gasteiger partial charge on any atom is -0.508 e. The predicted octanol–water partition coefficient (Wildman–Crippen LogP) is 2.24. The third kappa shape index (κ3) is 7.42. The Kier molecular flexibility index (Phi) is 8.42. The van der Waals surface area contributed by atoms with Crippen LogP contribution in [0, 0.1) is 5.82 Å². The Bertz CT molecular complexity index is 892. The van der Waals surface area contributed by atoms with Crippen LogP contribution in [0.15, 0.2) is 42.5 Å². The number of phenols is 1. The molecule has 2 aromatic rings. The molecule has 0 aromatic heterocycles. The Morgan fingerprint density at radius 1 is 0.931 bits per heavy atom. The molecule has 4 N–H and O–H groups in total. The molecule has 0 fully saturated rings. The summed E-state index contributed by atoms with van der Waals surface area (Å²) in [5, 5.41) is 17.3. The van der Waals surface area contributed by atoms with Crippen LogP contribution < -0.4 is 16.0 Å². The summed E-state index contributed by atoms with van der Waals surface area (Å²) in [6, 6.07) is 9.46. The van der Waals surface area contributed by atoms with Crippen LogP contribution >= 0.6 is 11.6 Å². The average Bonchev–Trinajstić information content (AvgIpc) is 2.67. The summed E-state index contributed by atoms with van der Waals surface area (Å²) < 4.78 is 13.0. The smallest absolute Gasteiger partial charge is 0.252 e. The first-order valence-corrected chi connectivity index (χ1v) is 9.32. The normalized spacial score (nSPS) is 10.3. The number of benzene rings is 2. The summed E-state index contributed by atoms with van der Waals surface area (Å²) in [6.45, 7) is 0.818. The number of hydrogen-bond donors (Lipinski definition) is 4. The lowest BCUT2D eigenvalue weighted by Crippen LogP contribution is -2.33. The molecule has 3 amide bonds. The lowest BCUT2D eigenvalue weighted by Gasteiger charge is -2.08. The monoisotopic (exact) mass is 421 g/mol. The Hall–Kier alpha value is -3.13. The van der Waals surface area contributed by atoms with Crippen molar-refractivity contribution >= 4 is 29.3 Å². The van der Waals surface area contributed by atoms with Gasteiger partial charge in [0.15, 0.2) is 0 Å². The molecule has 0 aliphatic rings. The van der Waals surface area contributed by atoms with Crippen LogP contribution in [-0.2, 0) is 4.79 Å². The van der Waals surface area contributed by atoms with Crippen LogP contribution in [0.2, 0.25) is 5.02 Å². The molecule has 154 valence electrons. The van der Waals surface area contributed by atoms with Crippen LogP contribution in [-0.4, -0.2) is 42.5 Å². The van der Waals surface area contributed by atoms with Gasteiger partial charge in [-0.2, -0.15) is 0 Å². The van der Waals surface area contributed by atoms with Crippen molar-refractivity contribution in [3.63, 3.8) is 0 Å². The van der Waals surface area contributed by atoms with Crippen LogP contribution in [0.4, 0.5) is 4.39 Å². The fourth-order valence-electron chi connectivity index (χ4n) is 2.41. The first kappa shape index (κ1) is 22.2. The van der Waals surface area contributed by atoms with Gasteiger partial charge in [-0.3, -0.25) is 14.4 Å². The molecule has 0 heterocycles. The highest BCUT2D eigenvalue weighted by Gasteiger charge is 2.11. The number of carbonyl (C=O) groups is 3. The maximum atomic E-state index is 13.0. The summed E-state index contributed by atoms with van der Waals surface area (Å²) >= 11 is 5.81. The number of aromatic hydroxyl groups is 1. The molecule has 0 bridgehead atoms. The second-order valence-electron chi connectivity index (χ2n) is 6.14. The van der Waals surface area contributed by atoms with Crippen molar-refractivity contribution in [3.8, 4) is 5.75 Å². The molecule has 0 saturated carbocycles. The van der Waals surface area contributed by atoms with E-state index in [0.29, 0.717) is 25.1 Å². The van der Waals surface area contributed by atoms with Crippen molar-refractivity contribution in [1.29, 1.82) is 0 Å². The van der Waals surface area contributed by atoms with E-state index in [9.17, 15) is 23.9 Å². The topological polar surface area (TPSA) is 108 Å². The van der Waals surface area contributed by atoms with E-state index in [1.165, 1.54) is 18.2 Å². The minimum absolute atomic E-state index is 0.000265. The fraction of sp³-hybridized carbons (Fsp3) is 0.250. The zero-order valence-electron chi connectivity index (χ0n) is 15.5. The van der Waals surface area contributed by atoms with E-state index >= 15 is 0 Å². The number of phenolic OH excluding ortho intramolecular Hbond substituents is 1. The molecule has 7 nitrogen and oxygen atoms in total. The Labute approximate surface area is 172 Å². The second-order valence-corrected chi connectivity index (χ2v) is 6.55. The van der Waals surface area contributed by atoms with E-state index in [1.54, 1.807) is 12.1 Å². The van der Waals surface area contributed by atoms with Crippen LogP contribution in [0.25, 0.3) is 0 Å². The second kappa shape index (κ2) is 11.0. The molecule has 9 heteroatoms. The van der Waals surface area contributed by atoms with Crippen molar-refractivity contribution in [3.05, 3.63) is 64.4 Å². The summed E-state index contributed by atoms with van der Waals surface area (Å²) in [5.41, 5.74) is 0.488. The molecule has 0 radical (unpaired) electrons. The summed E-state index contributed by atoms with van der Waals surface area (Å²) in [7, 11) is 0. The van der Waals surface area contributed by atoms with Gasteiger partial charge >= 0.3 is 0 Å². The molecular formula is C20H21ClFN3O4. The van der Waals surface area contributed by atoms with Crippen molar-refractivity contribution in [1.82, 2.24) is 16.0 Å². The largest absolute Gasteiger partial charge is 0.508 e. The standard InChI is InChI=1S/C20H21ClFN3O4/c21-17-12-14(22)5-6-16(17)20(29)25-10-7-18(27)23-8-2-9-24-19(28)13-3-1-4-15(26)11-13/h1,3-6,11-12,26H,2,7-10H2,(H,23,27)(H,24,28)(H,25,29). The molecule has 0 aliphatic carbocycles. The molecule has 2 rings (SSSR count). The molecule has 29 heavy (non-hydrogen) atoms. The fourth-order valence-corrected chi connectivity index (χ4v) is 2.67. The van der Waals surface area contributed by atoms with E-state index in [1.807, 2.05) is 0 Å². The number of rotatable bonds is 9. The van der Waals surface area contributed by atoms with Gasteiger partial charge < -0.3 is 21.1 Å². The Morgan fingerprint density at radius 3 is 2.38 bits per heavy atom. The summed E-state index contributed by atoms with van der Waals surface area (Å²) in [6.07, 6.45) is 0.591. The first-order valence-electron chi connectivity index (χ1n) is 8.94. The van der Waals surface area contributed by atoms with Crippen molar-refractivity contribution in [2.75, 3.05) is 19.6 Å². The third-order valence-electron chi connectivity index (χ3n) is 3.88. The highest BCUT2D eigenvalue weighted by atomic mass is 35.5. The minimum atomic E-state index is -0.538. The van der Waals surface area contributed by atoms with Crippen molar-refractivity contribution < 1.29 is 23.9 Å². The van der Waals surface area contributed by atoms with Crippen LogP contribution in [0.5, 0.6) is 5.75 Å². The van der Waals surface area contributed by atoms with Gasteiger partial charge in [-0.15, -0.1) is 0 Å². The van der Waals surface area contributed by atoms with E-state index in [2.05, 4.69) is 16.0 Å². The number of carbonyl (C=O) groups excluding carboxylic acids is 3. The highest BCUT2D eigenvalue weighted by molar-refractivity contribution is 6.33. The van der Waals surface area contributed by atoms with Gasteiger partial charge in [0.05, 0.1) is 10.6 Å². The molecule has 0 atom stereocenters. The zero-order chi connectivity index (χ0) is 21.2. The molecule has 0 aliphatic heterocycles. The lowest BCUT2D eigenvalue weighted by atomic mass is 10.2. The maximum absolute atomic E-state index is 13.0. The van der Waals surface area contributed by atoms with Crippen LogP contribution in [0.3, 0.4) is 0 Å². The lowest BCUT2D eigenvalue weighted by molar-refractivity contribution is -0.120. The van der Waals surface area contributed by atoms with Gasteiger partial charge in [0.1, 0.15) is 11.6 Å². The number of halogens is 2. The summed E-state index contributed by atoms with van der Waals surface area (Å²) in [4.78, 5) is 35.6. The van der Waals surface area contributed by atoms with Gasteiger partial charge in [-0.1, -0.05) is 17.7 Å². The molecular weight excluding hydrogens is 401 g/mol. The van der Waals surface area contributed by atoms with Crippen molar-refractivity contribution in [2.24, 2.45) is 0 Å². The summed E-state index contributed by atoms with van der Waals surface area (Å²) in [5.74, 6) is -1.58. The molecule has 0 saturated heterocycles. The van der Waals surface area contributed by atoms with Crippen molar-refractivity contribution in [2.45, 2.75) is 12.8 Å². The molecule has 0 spiro atoms. The Morgan fingerprint density at radius 2 is 1.66 bits per heavy atom. The SMILES string of the molecule is O=C(CCNC(=O)c1ccc(F)cc1Cl)NCCCNC(=O)c1cccc(O)c1. The number of nitrogens with one attached hydrogen (secondary N) is 3. The first-order chi connectivity index (χ1) is 13.9. The zero-order valence-corrected chi connectivity index (χ0v) is 16.3. The highest BCUT2D eigenvalue weighted by Crippen LogP contribution is 2.16. The van der Waals surface area contributed by atoms with Gasteiger partial charge in [-0.05, 0) is 42.8 Å². The quantitative estimate of drug-likeness (QED) is 0.466. The Balaban J connectivity index is 1.59. The van der Waals surface area contributed by atoms with Gasteiger partial charge in [0, 0.05) is 31.6 Å². The number of amides is 3. The van der Waals surface area contributed by atoms with E-state index in [4.69, 9.17) is 11.6 Å². The van der Waals surface area contributed by atoms with E-state index in [-0.39, 0.29) is 41.1 Å². The van der Waals surface area contributed by atoms with E-state index in [0.717, 1.165) is 12.1 Å². The third-order valence-corrected chi connectivity index (χ3v) is 4.20. The van der Waals surface area contributed by atoms with Gasteiger partial charge in [0.25, 0.3) is 11.8 Å². The molecule has 2 aromatic carbocycles. The van der Waals surface area contributed by atoms with Gasteiger partial charge in [-0.25, -0.2) is 4.39 Å². The van der Waals surface area contributed by atoms with Crippen LogP contribution in [0.1, 0.15) is 33.6 Å². The number of hydrogen-bond acceptors (Lipinski definition) is 4. The average molecular weight is 422 g/mol. The molecule has 0 unspecified atom stereocenters. The maximum Gasteiger partial charge on any atom is 0.252 e. The predicted molar refractivity (Wildman–Crippen MR) is 106 cm³/mol. The van der Waals surface area contributed by atoms with E-state index < -0.39 is 11.7 Å².